The molecule has 1 spiro atoms. The van der Waals surface area contributed by atoms with E-state index in [0.717, 1.165) is 25.3 Å². The molecular formula is C14H20N2O2S. The number of carboxylic acids is 1. The van der Waals surface area contributed by atoms with Gasteiger partial charge in [-0.05, 0) is 44.2 Å². The summed E-state index contributed by atoms with van der Waals surface area (Å²) in [4.78, 5) is 17.4. The minimum Gasteiger partial charge on any atom is -0.476 e. The zero-order valence-corrected chi connectivity index (χ0v) is 11.9. The first kappa shape index (κ1) is 13.1. The van der Waals surface area contributed by atoms with E-state index >= 15 is 0 Å². The van der Waals surface area contributed by atoms with Crippen molar-refractivity contribution in [3.8, 4) is 0 Å². The zero-order chi connectivity index (χ0) is 13.3. The van der Waals surface area contributed by atoms with Crippen molar-refractivity contribution in [3.05, 3.63) is 16.1 Å². The van der Waals surface area contributed by atoms with E-state index < -0.39 is 5.97 Å². The second-order valence-corrected chi connectivity index (χ2v) is 6.79. The largest absolute Gasteiger partial charge is 0.476 e. The summed E-state index contributed by atoms with van der Waals surface area (Å²) in [6.45, 7) is 3.08. The number of carbonyl (C=O) groups is 1. The van der Waals surface area contributed by atoms with Crippen LogP contribution in [-0.4, -0.2) is 34.0 Å². The standard InChI is InChI=1S/C14H20N2O2S/c17-13(18)12-15-11(10-19-12)9-16-7-5-14(6-8-16)3-1-2-4-14/h10H,1-9H2,(H,17,18). The second-order valence-electron chi connectivity index (χ2n) is 5.93. The number of aromatic nitrogens is 1. The molecule has 0 aromatic carbocycles. The maximum atomic E-state index is 10.8. The fraction of sp³-hybridized carbons (Fsp3) is 0.714. The molecule has 3 rings (SSSR count). The molecule has 0 unspecified atom stereocenters. The second kappa shape index (κ2) is 5.21. The van der Waals surface area contributed by atoms with Crippen LogP contribution in [0.15, 0.2) is 5.38 Å². The molecule has 0 atom stereocenters. The molecule has 1 aliphatic carbocycles. The molecule has 0 bridgehead atoms. The average molecular weight is 280 g/mol. The molecule has 2 aliphatic rings. The van der Waals surface area contributed by atoms with Gasteiger partial charge in [0.2, 0.25) is 5.01 Å². The summed E-state index contributed by atoms with van der Waals surface area (Å²) in [7, 11) is 0. The van der Waals surface area contributed by atoms with Gasteiger partial charge in [-0.2, -0.15) is 0 Å². The summed E-state index contributed by atoms with van der Waals surface area (Å²) in [5.41, 5.74) is 1.55. The highest BCUT2D eigenvalue weighted by molar-refractivity contribution is 7.11. The van der Waals surface area contributed by atoms with Gasteiger partial charge in [-0.3, -0.25) is 4.90 Å². The first-order valence-corrected chi connectivity index (χ1v) is 7.95. The van der Waals surface area contributed by atoms with Crippen molar-refractivity contribution < 1.29 is 9.90 Å². The SMILES string of the molecule is O=C(O)c1nc(CN2CCC3(CCCC3)CC2)cs1. The molecule has 1 saturated carbocycles. The quantitative estimate of drug-likeness (QED) is 0.924. The Balaban J connectivity index is 1.55. The van der Waals surface area contributed by atoms with Crippen molar-refractivity contribution >= 4 is 17.3 Å². The molecule has 0 amide bonds. The molecule has 5 heteroatoms. The summed E-state index contributed by atoms with van der Waals surface area (Å²) in [6, 6.07) is 0. The van der Waals surface area contributed by atoms with Crippen molar-refractivity contribution in [2.45, 2.75) is 45.1 Å². The minimum absolute atomic E-state index is 0.208. The number of nitrogens with zero attached hydrogens (tertiary/aromatic N) is 2. The minimum atomic E-state index is -0.917. The van der Waals surface area contributed by atoms with Gasteiger partial charge in [-0.1, -0.05) is 12.8 Å². The van der Waals surface area contributed by atoms with Crippen LogP contribution >= 0.6 is 11.3 Å². The third kappa shape index (κ3) is 2.82. The molecule has 1 saturated heterocycles. The summed E-state index contributed by atoms with van der Waals surface area (Å²) in [5.74, 6) is -0.917. The van der Waals surface area contributed by atoms with Crippen LogP contribution < -0.4 is 0 Å². The normalized spacial score (nSPS) is 22.9. The Labute approximate surface area is 117 Å². The smallest absolute Gasteiger partial charge is 0.365 e. The summed E-state index contributed by atoms with van der Waals surface area (Å²) in [5, 5.41) is 11.0. The van der Waals surface area contributed by atoms with Gasteiger partial charge in [0, 0.05) is 11.9 Å². The Morgan fingerprint density at radius 3 is 2.58 bits per heavy atom. The predicted molar refractivity (Wildman–Crippen MR) is 74.5 cm³/mol. The molecule has 2 fully saturated rings. The van der Waals surface area contributed by atoms with Gasteiger partial charge in [0.05, 0.1) is 5.69 Å². The fourth-order valence-electron chi connectivity index (χ4n) is 3.52. The first-order valence-electron chi connectivity index (χ1n) is 7.07. The number of piperidine rings is 1. The molecule has 19 heavy (non-hydrogen) atoms. The van der Waals surface area contributed by atoms with Crippen molar-refractivity contribution in [1.29, 1.82) is 0 Å². The van der Waals surface area contributed by atoms with Crippen LogP contribution in [0.4, 0.5) is 0 Å². The van der Waals surface area contributed by atoms with Gasteiger partial charge in [-0.25, -0.2) is 9.78 Å². The van der Waals surface area contributed by atoms with Crippen LogP contribution in [0.3, 0.4) is 0 Å². The van der Waals surface area contributed by atoms with Crippen molar-refractivity contribution in [3.63, 3.8) is 0 Å². The molecule has 0 radical (unpaired) electrons. The van der Waals surface area contributed by atoms with Crippen LogP contribution in [0, 0.1) is 5.41 Å². The van der Waals surface area contributed by atoms with E-state index in [1.54, 1.807) is 0 Å². The van der Waals surface area contributed by atoms with Gasteiger partial charge < -0.3 is 5.11 Å². The third-order valence-corrected chi connectivity index (χ3v) is 5.58. The number of hydrogen-bond acceptors (Lipinski definition) is 4. The summed E-state index contributed by atoms with van der Waals surface area (Å²) < 4.78 is 0. The number of likely N-dealkylation sites (tertiary alicyclic amines) is 1. The Morgan fingerprint density at radius 2 is 2.00 bits per heavy atom. The van der Waals surface area contributed by atoms with Gasteiger partial charge in [0.15, 0.2) is 0 Å². The molecule has 104 valence electrons. The lowest BCUT2D eigenvalue weighted by molar-refractivity contribution is 0.0695. The number of hydrogen-bond donors (Lipinski definition) is 1. The fourth-order valence-corrected chi connectivity index (χ4v) is 4.16. The lowest BCUT2D eigenvalue weighted by atomic mass is 9.77. The van der Waals surface area contributed by atoms with Gasteiger partial charge >= 0.3 is 5.97 Å². The van der Waals surface area contributed by atoms with Crippen molar-refractivity contribution in [2.75, 3.05) is 13.1 Å². The lowest BCUT2D eigenvalue weighted by Crippen LogP contribution is -2.38. The monoisotopic (exact) mass is 280 g/mol. The van der Waals surface area contributed by atoms with Crippen LogP contribution in [0.1, 0.15) is 54.0 Å². The van der Waals surface area contributed by atoms with E-state index in [2.05, 4.69) is 9.88 Å². The van der Waals surface area contributed by atoms with E-state index in [-0.39, 0.29) is 5.01 Å². The van der Waals surface area contributed by atoms with Gasteiger partial charge in [0.25, 0.3) is 0 Å². The molecule has 1 aliphatic heterocycles. The van der Waals surface area contributed by atoms with Crippen molar-refractivity contribution in [2.24, 2.45) is 5.41 Å². The highest BCUT2D eigenvalue weighted by atomic mass is 32.1. The van der Waals surface area contributed by atoms with E-state index in [4.69, 9.17) is 5.11 Å². The Morgan fingerprint density at radius 1 is 1.32 bits per heavy atom. The van der Waals surface area contributed by atoms with E-state index in [1.165, 1.54) is 49.9 Å². The molecular weight excluding hydrogens is 260 g/mol. The molecule has 1 aromatic rings. The molecule has 4 nitrogen and oxygen atoms in total. The van der Waals surface area contributed by atoms with Gasteiger partial charge in [-0.15, -0.1) is 11.3 Å². The predicted octanol–water partition coefficient (Wildman–Crippen LogP) is 3.00. The van der Waals surface area contributed by atoms with E-state index in [1.807, 2.05) is 5.38 Å². The molecule has 1 N–H and O–H groups in total. The van der Waals surface area contributed by atoms with E-state index in [9.17, 15) is 4.79 Å². The number of rotatable bonds is 3. The number of carboxylic acid groups (broad SMARTS) is 1. The third-order valence-electron chi connectivity index (χ3n) is 4.70. The summed E-state index contributed by atoms with van der Waals surface area (Å²) >= 11 is 1.23. The average Bonchev–Trinajstić information content (AvgIpc) is 3.02. The Bertz CT molecular complexity index is 456. The van der Waals surface area contributed by atoms with E-state index in [0.29, 0.717) is 5.41 Å². The van der Waals surface area contributed by atoms with Crippen LogP contribution in [0.2, 0.25) is 0 Å². The van der Waals surface area contributed by atoms with Crippen LogP contribution in [0.5, 0.6) is 0 Å². The summed E-state index contributed by atoms with van der Waals surface area (Å²) in [6.07, 6.45) is 8.27. The molecule has 2 heterocycles. The highest BCUT2D eigenvalue weighted by Crippen LogP contribution is 2.46. The number of aromatic carboxylic acids is 1. The topological polar surface area (TPSA) is 53.4 Å². The number of thiazole rings is 1. The maximum absolute atomic E-state index is 10.8. The van der Waals surface area contributed by atoms with Gasteiger partial charge in [0.1, 0.15) is 0 Å². The van der Waals surface area contributed by atoms with Crippen LogP contribution in [0.25, 0.3) is 0 Å². The lowest BCUT2D eigenvalue weighted by Gasteiger charge is -2.39. The Hall–Kier alpha value is -0.940. The Kier molecular flexibility index (Phi) is 3.58. The van der Waals surface area contributed by atoms with Crippen molar-refractivity contribution in [1.82, 2.24) is 9.88 Å². The van der Waals surface area contributed by atoms with Crippen LogP contribution in [-0.2, 0) is 6.54 Å². The zero-order valence-electron chi connectivity index (χ0n) is 11.1. The molecule has 1 aromatic heterocycles. The highest BCUT2D eigenvalue weighted by Gasteiger charge is 2.36. The maximum Gasteiger partial charge on any atom is 0.365 e. The first-order chi connectivity index (χ1) is 9.17.